The summed E-state index contributed by atoms with van der Waals surface area (Å²) in [5.41, 5.74) is 2.63. The molecule has 3 aromatic rings. The monoisotopic (exact) mass is 350 g/mol. The first-order valence-corrected chi connectivity index (χ1v) is 7.98. The molecule has 0 radical (unpaired) electrons. The highest BCUT2D eigenvalue weighted by molar-refractivity contribution is 6.03. The summed E-state index contributed by atoms with van der Waals surface area (Å²) in [4.78, 5) is 38.9. The summed E-state index contributed by atoms with van der Waals surface area (Å²) >= 11 is 0. The number of aromatic amines is 1. The first kappa shape index (κ1) is 17.3. The standard InChI is InChI=1S/C18H18N6O2/c1-10-8-11(2)20-18(19-10)23-14-6-4-13(5-7-14)17(26)24-15-9-16(25)22-12(3)21-15/h4-9H,1-3H3,(H,19,20,23)(H2,21,22,24,25,26). The molecule has 8 nitrogen and oxygen atoms in total. The maximum Gasteiger partial charge on any atom is 0.256 e. The molecule has 26 heavy (non-hydrogen) atoms. The summed E-state index contributed by atoms with van der Waals surface area (Å²) in [6.45, 7) is 5.45. The van der Waals surface area contributed by atoms with E-state index in [0.717, 1.165) is 17.1 Å². The number of anilines is 3. The molecule has 0 saturated heterocycles. The van der Waals surface area contributed by atoms with E-state index in [9.17, 15) is 9.59 Å². The SMILES string of the molecule is Cc1cc(C)nc(Nc2ccc(C(=O)Nc3cc(=O)[nH]c(C)n3)cc2)n1. The van der Waals surface area contributed by atoms with Gasteiger partial charge in [-0.05, 0) is 51.1 Å². The molecule has 0 aliphatic heterocycles. The Bertz CT molecular complexity index is 991. The molecular weight excluding hydrogens is 332 g/mol. The van der Waals surface area contributed by atoms with Crippen LogP contribution in [0.5, 0.6) is 0 Å². The topological polar surface area (TPSA) is 113 Å². The van der Waals surface area contributed by atoms with Crippen LogP contribution < -0.4 is 16.2 Å². The molecule has 3 N–H and O–H groups in total. The summed E-state index contributed by atoms with van der Waals surface area (Å²) in [5.74, 6) is 0.794. The molecule has 0 atom stereocenters. The lowest BCUT2D eigenvalue weighted by Crippen LogP contribution is -2.17. The lowest BCUT2D eigenvalue weighted by Gasteiger charge is -2.08. The predicted molar refractivity (Wildman–Crippen MR) is 98.8 cm³/mol. The van der Waals surface area contributed by atoms with E-state index in [-0.39, 0.29) is 17.3 Å². The van der Waals surface area contributed by atoms with E-state index in [0.29, 0.717) is 17.3 Å². The maximum atomic E-state index is 12.3. The third kappa shape index (κ3) is 4.29. The third-order valence-electron chi connectivity index (χ3n) is 3.49. The van der Waals surface area contributed by atoms with Gasteiger partial charge in [0, 0.05) is 28.7 Å². The fourth-order valence-electron chi connectivity index (χ4n) is 2.45. The minimum atomic E-state index is -0.350. The molecule has 3 rings (SSSR count). The first-order valence-electron chi connectivity index (χ1n) is 7.98. The van der Waals surface area contributed by atoms with Gasteiger partial charge in [0.25, 0.3) is 11.5 Å². The third-order valence-corrected chi connectivity index (χ3v) is 3.49. The van der Waals surface area contributed by atoms with Crippen LogP contribution in [-0.2, 0) is 0 Å². The Hall–Kier alpha value is -3.55. The molecule has 0 bridgehead atoms. The van der Waals surface area contributed by atoms with Crippen molar-refractivity contribution in [1.82, 2.24) is 19.9 Å². The highest BCUT2D eigenvalue weighted by atomic mass is 16.2. The summed E-state index contributed by atoms with van der Waals surface area (Å²) < 4.78 is 0. The van der Waals surface area contributed by atoms with Gasteiger partial charge in [0.15, 0.2) is 0 Å². The minimum Gasteiger partial charge on any atom is -0.324 e. The van der Waals surface area contributed by atoms with E-state index in [1.807, 2.05) is 19.9 Å². The van der Waals surface area contributed by atoms with Crippen molar-refractivity contribution in [2.75, 3.05) is 10.6 Å². The van der Waals surface area contributed by atoms with Crippen molar-refractivity contribution >= 4 is 23.4 Å². The van der Waals surface area contributed by atoms with Crippen molar-refractivity contribution in [1.29, 1.82) is 0 Å². The van der Waals surface area contributed by atoms with E-state index in [1.165, 1.54) is 6.07 Å². The number of carbonyl (C=O) groups excluding carboxylic acids is 1. The van der Waals surface area contributed by atoms with E-state index in [4.69, 9.17) is 0 Å². The molecule has 0 saturated carbocycles. The number of hydrogen-bond acceptors (Lipinski definition) is 6. The molecule has 0 aliphatic rings. The van der Waals surface area contributed by atoms with E-state index >= 15 is 0 Å². The van der Waals surface area contributed by atoms with Crippen molar-refractivity contribution in [2.45, 2.75) is 20.8 Å². The lowest BCUT2D eigenvalue weighted by atomic mass is 10.2. The number of rotatable bonds is 4. The van der Waals surface area contributed by atoms with Gasteiger partial charge in [-0.2, -0.15) is 0 Å². The van der Waals surface area contributed by atoms with Crippen molar-refractivity contribution < 1.29 is 4.79 Å². The molecule has 0 fully saturated rings. The first-order chi connectivity index (χ1) is 12.4. The molecule has 8 heteroatoms. The number of benzene rings is 1. The zero-order valence-electron chi connectivity index (χ0n) is 14.6. The Labute approximate surface area is 149 Å². The van der Waals surface area contributed by atoms with Crippen LogP contribution in [0.4, 0.5) is 17.5 Å². The number of aryl methyl sites for hydroxylation is 3. The second-order valence-corrected chi connectivity index (χ2v) is 5.85. The molecule has 1 amide bonds. The van der Waals surface area contributed by atoms with Crippen LogP contribution in [0.15, 0.2) is 41.2 Å². The molecule has 1 aromatic carbocycles. The summed E-state index contributed by atoms with van der Waals surface area (Å²) in [6, 6.07) is 9.97. The lowest BCUT2D eigenvalue weighted by molar-refractivity contribution is 0.102. The van der Waals surface area contributed by atoms with Gasteiger partial charge in [0.2, 0.25) is 5.95 Å². The molecule has 0 aliphatic carbocycles. The van der Waals surface area contributed by atoms with Gasteiger partial charge in [-0.25, -0.2) is 15.0 Å². The summed E-state index contributed by atoms with van der Waals surface area (Å²) in [7, 11) is 0. The van der Waals surface area contributed by atoms with Crippen LogP contribution in [0.25, 0.3) is 0 Å². The van der Waals surface area contributed by atoms with Crippen LogP contribution in [0.1, 0.15) is 27.6 Å². The second kappa shape index (κ2) is 7.14. The number of aromatic nitrogens is 4. The average Bonchev–Trinajstić information content (AvgIpc) is 2.53. The largest absolute Gasteiger partial charge is 0.324 e. The van der Waals surface area contributed by atoms with Crippen LogP contribution in [0.3, 0.4) is 0 Å². The van der Waals surface area contributed by atoms with Gasteiger partial charge in [-0.15, -0.1) is 0 Å². The van der Waals surface area contributed by atoms with Crippen LogP contribution in [-0.4, -0.2) is 25.8 Å². The van der Waals surface area contributed by atoms with E-state index in [1.54, 1.807) is 31.2 Å². The second-order valence-electron chi connectivity index (χ2n) is 5.85. The molecule has 0 unspecified atom stereocenters. The Kier molecular flexibility index (Phi) is 4.74. The van der Waals surface area contributed by atoms with E-state index in [2.05, 4.69) is 30.6 Å². The normalized spacial score (nSPS) is 10.4. The molecule has 2 heterocycles. The number of H-pyrrole nitrogens is 1. The zero-order chi connectivity index (χ0) is 18.7. The van der Waals surface area contributed by atoms with Crippen LogP contribution in [0, 0.1) is 20.8 Å². The Morgan fingerprint density at radius 2 is 1.62 bits per heavy atom. The molecule has 132 valence electrons. The van der Waals surface area contributed by atoms with Gasteiger partial charge in [0.05, 0.1) is 0 Å². The van der Waals surface area contributed by atoms with Gasteiger partial charge in [0.1, 0.15) is 11.6 Å². The highest BCUT2D eigenvalue weighted by Gasteiger charge is 2.08. The fraction of sp³-hybridized carbons (Fsp3) is 0.167. The van der Waals surface area contributed by atoms with Crippen LogP contribution in [0.2, 0.25) is 0 Å². The number of carbonyl (C=O) groups is 1. The maximum absolute atomic E-state index is 12.3. The van der Waals surface area contributed by atoms with Crippen molar-refractivity contribution in [3.63, 3.8) is 0 Å². The predicted octanol–water partition coefficient (Wildman–Crippen LogP) is 2.48. The number of nitrogens with zero attached hydrogens (tertiary/aromatic N) is 3. The minimum absolute atomic E-state index is 0.210. The molecule has 2 aromatic heterocycles. The molecule has 0 spiro atoms. The quantitative estimate of drug-likeness (QED) is 0.666. The van der Waals surface area contributed by atoms with E-state index < -0.39 is 0 Å². The van der Waals surface area contributed by atoms with Gasteiger partial charge >= 0.3 is 0 Å². The average molecular weight is 350 g/mol. The van der Waals surface area contributed by atoms with Crippen molar-refractivity contribution in [3.8, 4) is 0 Å². The van der Waals surface area contributed by atoms with Crippen molar-refractivity contribution in [3.05, 3.63) is 69.5 Å². The Morgan fingerprint density at radius 3 is 2.23 bits per heavy atom. The van der Waals surface area contributed by atoms with Crippen LogP contribution >= 0.6 is 0 Å². The van der Waals surface area contributed by atoms with Gasteiger partial charge < -0.3 is 15.6 Å². The Morgan fingerprint density at radius 1 is 0.962 bits per heavy atom. The smallest absolute Gasteiger partial charge is 0.256 e. The van der Waals surface area contributed by atoms with Gasteiger partial charge in [-0.3, -0.25) is 9.59 Å². The zero-order valence-corrected chi connectivity index (χ0v) is 14.6. The fourth-order valence-corrected chi connectivity index (χ4v) is 2.45. The van der Waals surface area contributed by atoms with Crippen molar-refractivity contribution in [2.24, 2.45) is 0 Å². The summed E-state index contributed by atoms with van der Waals surface area (Å²) in [5, 5.41) is 5.71. The number of hydrogen-bond donors (Lipinski definition) is 3. The number of nitrogens with one attached hydrogen (secondary N) is 3. The summed E-state index contributed by atoms with van der Waals surface area (Å²) in [6.07, 6.45) is 0. The van der Waals surface area contributed by atoms with Gasteiger partial charge in [-0.1, -0.05) is 0 Å². The molecular formula is C18H18N6O2. The highest BCUT2D eigenvalue weighted by Crippen LogP contribution is 2.15. The number of amides is 1. The Balaban J connectivity index is 1.72.